The van der Waals surface area contributed by atoms with Gasteiger partial charge < -0.3 is 5.11 Å². The number of hydrogen-bond acceptors (Lipinski definition) is 4. The quantitative estimate of drug-likeness (QED) is 0.780. The van der Waals surface area contributed by atoms with Gasteiger partial charge in [0.25, 0.3) is 0 Å². The smallest absolute Gasteiger partial charge is 0.178 e. The second kappa shape index (κ2) is 5.22. The van der Waals surface area contributed by atoms with Crippen LogP contribution >= 0.6 is 0 Å². The summed E-state index contributed by atoms with van der Waals surface area (Å²) in [6.45, 7) is 5.04. The third-order valence-electron chi connectivity index (χ3n) is 7.97. The average molecular weight is 360 g/mol. The molecule has 26 heavy (non-hydrogen) atoms. The van der Waals surface area contributed by atoms with Crippen molar-refractivity contribution in [1.29, 1.82) is 0 Å². The highest BCUT2D eigenvalue weighted by Gasteiger charge is 2.68. The molecule has 4 nitrogen and oxygen atoms in total. The van der Waals surface area contributed by atoms with Crippen LogP contribution in [0, 0.1) is 28.6 Å². The Kier molecular flexibility index (Phi) is 3.57. The van der Waals surface area contributed by atoms with E-state index in [1.807, 2.05) is 13.8 Å². The number of carbonyl (C=O) groups is 3. The van der Waals surface area contributed by atoms with E-state index in [0.717, 1.165) is 0 Å². The lowest BCUT2D eigenvalue weighted by atomic mass is 9.46. The second-order valence-corrected chi connectivity index (χ2v) is 9.09. The standard InChI is InChI=1S/C21H25FO4/c1-11(23)21(26)7-5-14-13-9-16(22)15-8-12(24)4-6-19(15,2)18(13)17(25)10-20(14,21)3/h4,6,8,13-14,16,18,26H,5,7,9-10H2,1-3H3/t13-,14-,16-,18+,19-,20-,21-/m0/s1. The van der Waals surface area contributed by atoms with E-state index < -0.39 is 28.5 Å². The highest BCUT2D eigenvalue weighted by atomic mass is 19.1. The van der Waals surface area contributed by atoms with Crippen LogP contribution in [-0.4, -0.2) is 34.2 Å². The largest absolute Gasteiger partial charge is 0.381 e. The van der Waals surface area contributed by atoms with Crippen molar-refractivity contribution in [3.63, 3.8) is 0 Å². The molecule has 0 aliphatic heterocycles. The van der Waals surface area contributed by atoms with Crippen LogP contribution in [0.1, 0.15) is 46.5 Å². The van der Waals surface area contributed by atoms with E-state index in [1.165, 1.54) is 19.1 Å². The highest BCUT2D eigenvalue weighted by Crippen LogP contribution is 2.66. The molecule has 0 aromatic carbocycles. The molecule has 4 aliphatic carbocycles. The molecule has 0 bridgehead atoms. The summed E-state index contributed by atoms with van der Waals surface area (Å²) in [5, 5.41) is 11.1. The van der Waals surface area contributed by atoms with Crippen LogP contribution in [0.4, 0.5) is 4.39 Å². The van der Waals surface area contributed by atoms with Gasteiger partial charge in [-0.25, -0.2) is 4.39 Å². The summed E-state index contributed by atoms with van der Waals surface area (Å²) in [4.78, 5) is 37.2. The van der Waals surface area contributed by atoms with Gasteiger partial charge >= 0.3 is 0 Å². The highest BCUT2D eigenvalue weighted by molar-refractivity contribution is 6.02. The Bertz CT molecular complexity index is 783. The first kappa shape index (κ1) is 17.8. The number of alkyl halides is 1. The zero-order valence-electron chi connectivity index (χ0n) is 15.4. The number of rotatable bonds is 1. The number of Topliss-reactive ketones (excluding diaryl/α,β-unsaturated/α-hetero) is 2. The second-order valence-electron chi connectivity index (χ2n) is 9.09. The molecule has 0 amide bonds. The van der Waals surface area contributed by atoms with Crippen molar-refractivity contribution >= 4 is 17.3 Å². The predicted molar refractivity (Wildman–Crippen MR) is 92.9 cm³/mol. The first-order chi connectivity index (χ1) is 12.0. The van der Waals surface area contributed by atoms with Crippen molar-refractivity contribution in [2.45, 2.75) is 58.2 Å². The van der Waals surface area contributed by atoms with Crippen LogP contribution < -0.4 is 0 Å². The summed E-state index contributed by atoms with van der Waals surface area (Å²) in [5.41, 5.74) is -2.75. The Labute approximate surface area is 152 Å². The van der Waals surface area contributed by atoms with Gasteiger partial charge in [-0.05, 0) is 55.7 Å². The van der Waals surface area contributed by atoms with Gasteiger partial charge in [0.2, 0.25) is 0 Å². The Morgan fingerprint density at radius 2 is 2.00 bits per heavy atom. The van der Waals surface area contributed by atoms with E-state index in [-0.39, 0.29) is 42.0 Å². The van der Waals surface area contributed by atoms with Crippen LogP contribution in [-0.2, 0) is 14.4 Å². The van der Waals surface area contributed by atoms with Crippen LogP contribution in [0.5, 0.6) is 0 Å². The maximum atomic E-state index is 15.1. The first-order valence-electron chi connectivity index (χ1n) is 9.40. The van der Waals surface area contributed by atoms with E-state index in [2.05, 4.69) is 0 Å². The summed E-state index contributed by atoms with van der Waals surface area (Å²) in [6, 6.07) is 0. The number of ketones is 3. The van der Waals surface area contributed by atoms with Gasteiger partial charge in [0.15, 0.2) is 11.6 Å². The topological polar surface area (TPSA) is 71.4 Å². The van der Waals surface area contributed by atoms with Crippen LogP contribution in [0.25, 0.3) is 0 Å². The van der Waals surface area contributed by atoms with E-state index in [4.69, 9.17) is 0 Å². The monoisotopic (exact) mass is 360 g/mol. The fourth-order valence-electron chi connectivity index (χ4n) is 6.63. The number of aliphatic hydroxyl groups is 1. The third-order valence-corrected chi connectivity index (χ3v) is 7.97. The van der Waals surface area contributed by atoms with Gasteiger partial charge in [0.05, 0.1) is 0 Å². The minimum atomic E-state index is -1.51. The van der Waals surface area contributed by atoms with Gasteiger partial charge in [-0.15, -0.1) is 0 Å². The molecule has 3 fully saturated rings. The number of halogens is 1. The molecule has 0 saturated heterocycles. The maximum absolute atomic E-state index is 15.1. The van der Waals surface area contributed by atoms with E-state index >= 15 is 4.39 Å². The summed E-state index contributed by atoms with van der Waals surface area (Å²) < 4.78 is 15.1. The molecule has 0 aromatic rings. The molecule has 7 atom stereocenters. The zero-order chi connectivity index (χ0) is 19.1. The Balaban J connectivity index is 1.81. The molecule has 0 radical (unpaired) electrons. The maximum Gasteiger partial charge on any atom is 0.178 e. The molecule has 0 heterocycles. The molecule has 4 rings (SSSR count). The lowest BCUT2D eigenvalue weighted by molar-refractivity contribution is -0.166. The van der Waals surface area contributed by atoms with Crippen molar-refractivity contribution in [3.05, 3.63) is 23.8 Å². The van der Waals surface area contributed by atoms with Gasteiger partial charge in [0.1, 0.15) is 17.6 Å². The molecule has 5 heteroatoms. The van der Waals surface area contributed by atoms with Gasteiger partial charge in [-0.1, -0.05) is 19.9 Å². The van der Waals surface area contributed by atoms with E-state index in [1.54, 1.807) is 6.08 Å². The molecule has 0 unspecified atom stereocenters. The van der Waals surface area contributed by atoms with Gasteiger partial charge in [-0.3, -0.25) is 14.4 Å². The summed E-state index contributed by atoms with van der Waals surface area (Å²) in [5.74, 6) is -1.30. The van der Waals surface area contributed by atoms with Crippen LogP contribution in [0.2, 0.25) is 0 Å². The van der Waals surface area contributed by atoms with Gasteiger partial charge in [-0.2, -0.15) is 0 Å². The van der Waals surface area contributed by atoms with E-state index in [0.29, 0.717) is 18.4 Å². The fourth-order valence-corrected chi connectivity index (χ4v) is 6.63. The van der Waals surface area contributed by atoms with Crippen molar-refractivity contribution in [1.82, 2.24) is 0 Å². The molecule has 3 saturated carbocycles. The summed E-state index contributed by atoms with van der Waals surface area (Å²) >= 11 is 0. The predicted octanol–water partition coefficient (Wildman–Crippen LogP) is 2.74. The molecule has 4 aliphatic rings. The average Bonchev–Trinajstić information content (AvgIpc) is 2.81. The Morgan fingerprint density at radius 3 is 2.65 bits per heavy atom. The minimum absolute atomic E-state index is 0.0328. The molecule has 1 N–H and O–H groups in total. The van der Waals surface area contributed by atoms with Crippen molar-refractivity contribution in [2.24, 2.45) is 28.6 Å². The van der Waals surface area contributed by atoms with Crippen molar-refractivity contribution in [2.75, 3.05) is 0 Å². The number of carbonyl (C=O) groups excluding carboxylic acids is 3. The number of hydrogen-bond donors (Lipinski definition) is 1. The lowest BCUT2D eigenvalue weighted by Gasteiger charge is -2.57. The Hall–Kier alpha value is -1.62. The minimum Gasteiger partial charge on any atom is -0.381 e. The van der Waals surface area contributed by atoms with Crippen LogP contribution in [0.15, 0.2) is 23.8 Å². The SMILES string of the molecule is CC(=O)[C@@]1(O)CC[C@H]2[C@@H]3C[C@H](F)C4=CC(=O)C=C[C@]4(C)[C@H]3C(=O)C[C@@]21C. The zero-order valence-corrected chi connectivity index (χ0v) is 15.4. The molecule has 140 valence electrons. The first-order valence-corrected chi connectivity index (χ1v) is 9.40. The number of allylic oxidation sites excluding steroid dienone is 4. The normalized spacial score (nSPS) is 50.0. The summed E-state index contributed by atoms with van der Waals surface area (Å²) in [7, 11) is 0. The summed E-state index contributed by atoms with van der Waals surface area (Å²) in [6.07, 6.45) is 4.43. The molecule has 0 aromatic heterocycles. The Morgan fingerprint density at radius 1 is 1.31 bits per heavy atom. The van der Waals surface area contributed by atoms with E-state index in [9.17, 15) is 19.5 Å². The molecular formula is C21H25FO4. The molecule has 0 spiro atoms. The van der Waals surface area contributed by atoms with Gasteiger partial charge in [0, 0.05) is 23.2 Å². The lowest BCUT2D eigenvalue weighted by Crippen LogP contribution is -2.61. The third kappa shape index (κ3) is 1.95. The number of fused-ring (bicyclic) bond motifs is 5. The van der Waals surface area contributed by atoms with Crippen LogP contribution in [0.3, 0.4) is 0 Å². The molecular weight excluding hydrogens is 335 g/mol. The van der Waals surface area contributed by atoms with Crippen molar-refractivity contribution < 1.29 is 23.9 Å². The van der Waals surface area contributed by atoms with Crippen molar-refractivity contribution in [3.8, 4) is 0 Å². The fraction of sp³-hybridized carbons (Fsp3) is 0.667.